The van der Waals surface area contributed by atoms with Gasteiger partial charge < -0.3 is 28.4 Å². The molecule has 14 nitrogen and oxygen atoms in total. The van der Waals surface area contributed by atoms with Crippen molar-refractivity contribution >= 4 is 53.2 Å². The second-order valence-corrected chi connectivity index (χ2v) is 17.2. The number of ether oxygens (including phenoxy) is 6. The Morgan fingerprint density at radius 1 is 0.412 bits per heavy atom. The number of hydrogen-bond donors (Lipinski definition) is 2. The number of methoxy groups -OCH3 is 4. The SMILES string of the molecule is COc1cc2nccc(Oc3ccc(NS(=O)(=O)c4cc(F)ccc4F)c(F)c3)c2cc1OC.COc1cc2nccc(Oc3ccc(NS(=O)(=O)c4ccc(F)cc4F)c(F)c3)c2cc1OC. The molecule has 8 rings (SSSR count). The van der Waals surface area contributed by atoms with Gasteiger partial charge in [-0.15, -0.1) is 0 Å². The van der Waals surface area contributed by atoms with Crippen LogP contribution >= 0.6 is 0 Å². The normalized spacial score (nSPS) is 11.3. The number of benzene rings is 6. The quantitative estimate of drug-likeness (QED) is 0.0989. The maximum absolute atomic E-state index is 14.7. The van der Waals surface area contributed by atoms with Crippen LogP contribution < -0.4 is 37.9 Å². The molecular weight excluding hydrogens is 947 g/mol. The zero-order valence-electron chi connectivity index (χ0n) is 35.6. The standard InChI is InChI=1S/2C23H17F3N2O5S/c1-31-21-11-15-19(12-22(21)32-2)27-8-7-20(15)33-14-4-5-18(16(25)10-14)28-34(29,30)23-6-3-13(24)9-17(23)26;1-31-21-11-15-19(12-22(21)32-2)27-8-7-20(15)33-14-4-6-18(17(26)10-14)28-34(29,30)23-9-13(24)3-5-16(23)25/h2*3-12,28H,1-2H3. The maximum Gasteiger partial charge on any atom is 0.265 e. The Hall–Kier alpha value is -7.98. The van der Waals surface area contributed by atoms with E-state index in [1.54, 1.807) is 36.4 Å². The summed E-state index contributed by atoms with van der Waals surface area (Å²) >= 11 is 0. The summed E-state index contributed by atoms with van der Waals surface area (Å²) in [4.78, 5) is 6.76. The molecule has 0 bridgehead atoms. The van der Waals surface area contributed by atoms with Crippen LogP contribution in [-0.4, -0.2) is 55.2 Å². The molecule has 0 atom stereocenters. The molecule has 0 radical (unpaired) electrons. The van der Waals surface area contributed by atoms with Gasteiger partial charge in [0.25, 0.3) is 20.0 Å². The number of nitrogens with zero attached hydrogens (tertiary/aromatic N) is 2. The number of fused-ring (bicyclic) bond motifs is 2. The van der Waals surface area contributed by atoms with Gasteiger partial charge in [-0.2, -0.15) is 0 Å². The van der Waals surface area contributed by atoms with Gasteiger partial charge in [-0.05, 0) is 78.9 Å². The summed E-state index contributed by atoms with van der Waals surface area (Å²) < 4.78 is 170. The van der Waals surface area contributed by atoms with Gasteiger partial charge in [0.1, 0.15) is 56.1 Å². The average molecular weight is 981 g/mol. The molecule has 6 aromatic carbocycles. The van der Waals surface area contributed by atoms with Crippen molar-refractivity contribution in [1.82, 2.24) is 9.97 Å². The second-order valence-electron chi connectivity index (χ2n) is 13.9. The first-order valence-electron chi connectivity index (χ1n) is 19.4. The van der Waals surface area contributed by atoms with Crippen molar-refractivity contribution in [3.05, 3.63) is 156 Å². The fourth-order valence-electron chi connectivity index (χ4n) is 6.39. The molecule has 0 unspecified atom stereocenters. The van der Waals surface area contributed by atoms with Crippen molar-refractivity contribution in [1.29, 1.82) is 0 Å². The molecule has 68 heavy (non-hydrogen) atoms. The van der Waals surface area contributed by atoms with Gasteiger partial charge in [-0.1, -0.05) is 0 Å². The van der Waals surface area contributed by atoms with Gasteiger partial charge in [0, 0.05) is 53.5 Å². The van der Waals surface area contributed by atoms with Crippen LogP contribution in [0.25, 0.3) is 21.8 Å². The first-order chi connectivity index (χ1) is 32.4. The van der Waals surface area contributed by atoms with Gasteiger partial charge in [0.15, 0.2) is 34.6 Å². The summed E-state index contributed by atoms with van der Waals surface area (Å²) in [7, 11) is -3.15. The number of halogens is 6. The van der Waals surface area contributed by atoms with Crippen LogP contribution in [0.15, 0.2) is 131 Å². The fraction of sp³-hybridized carbons (Fsp3) is 0.0870. The lowest BCUT2D eigenvalue weighted by atomic mass is 10.2. The minimum atomic E-state index is -4.58. The molecular formula is C46H34F6N4O10S2. The number of aromatic nitrogens is 2. The largest absolute Gasteiger partial charge is 0.493 e. The Kier molecular flexibility index (Phi) is 14.0. The highest BCUT2D eigenvalue weighted by molar-refractivity contribution is 7.93. The molecule has 0 amide bonds. The Morgan fingerprint density at radius 2 is 0.838 bits per heavy atom. The van der Waals surface area contributed by atoms with Gasteiger partial charge in [0.2, 0.25) is 0 Å². The van der Waals surface area contributed by atoms with Crippen molar-refractivity contribution in [3.63, 3.8) is 0 Å². The van der Waals surface area contributed by atoms with E-state index in [1.165, 1.54) is 53.0 Å². The van der Waals surface area contributed by atoms with Gasteiger partial charge in [-0.25, -0.2) is 43.2 Å². The molecule has 8 aromatic rings. The highest BCUT2D eigenvalue weighted by Crippen LogP contribution is 2.39. The highest BCUT2D eigenvalue weighted by Gasteiger charge is 2.24. The molecule has 2 aromatic heterocycles. The third-order valence-electron chi connectivity index (χ3n) is 9.61. The van der Waals surface area contributed by atoms with E-state index in [0.717, 1.165) is 42.5 Å². The number of sulfonamides is 2. The predicted octanol–water partition coefficient (Wildman–Crippen LogP) is 10.5. The van der Waals surface area contributed by atoms with Crippen LogP contribution in [0.4, 0.5) is 37.7 Å². The number of hydrogen-bond acceptors (Lipinski definition) is 12. The van der Waals surface area contributed by atoms with Crippen molar-refractivity contribution < 1.29 is 71.6 Å². The number of rotatable bonds is 14. The third-order valence-corrected chi connectivity index (χ3v) is 12.4. The molecule has 0 saturated carbocycles. The Bertz CT molecular complexity index is 3440. The number of pyridine rings is 2. The average Bonchev–Trinajstić information content (AvgIpc) is 3.30. The van der Waals surface area contributed by atoms with E-state index < -0.39 is 76.1 Å². The molecule has 2 heterocycles. The van der Waals surface area contributed by atoms with E-state index in [9.17, 15) is 43.2 Å². The van der Waals surface area contributed by atoms with Gasteiger partial charge >= 0.3 is 0 Å². The summed E-state index contributed by atoms with van der Waals surface area (Å²) in [5.41, 5.74) is 0.169. The van der Waals surface area contributed by atoms with Crippen molar-refractivity contribution in [3.8, 4) is 46.0 Å². The first kappa shape index (κ1) is 48.0. The van der Waals surface area contributed by atoms with Gasteiger partial charge in [0.05, 0.1) is 50.8 Å². The smallest absolute Gasteiger partial charge is 0.265 e. The van der Waals surface area contributed by atoms with Crippen molar-refractivity contribution in [2.75, 3.05) is 37.9 Å². The van der Waals surface area contributed by atoms with Gasteiger partial charge in [-0.3, -0.25) is 19.4 Å². The van der Waals surface area contributed by atoms with E-state index in [1.807, 2.05) is 9.44 Å². The van der Waals surface area contributed by atoms with Crippen molar-refractivity contribution in [2.45, 2.75) is 9.79 Å². The topological polar surface area (TPSA) is 174 Å². The van der Waals surface area contributed by atoms with Crippen LogP contribution in [0.2, 0.25) is 0 Å². The monoisotopic (exact) mass is 980 g/mol. The van der Waals surface area contributed by atoms with Crippen LogP contribution in [0.5, 0.6) is 46.0 Å². The highest BCUT2D eigenvalue weighted by atomic mass is 32.2. The lowest BCUT2D eigenvalue weighted by molar-refractivity contribution is 0.355. The Morgan fingerprint density at radius 3 is 1.28 bits per heavy atom. The predicted molar refractivity (Wildman–Crippen MR) is 237 cm³/mol. The van der Waals surface area contributed by atoms with E-state index >= 15 is 0 Å². The van der Waals surface area contributed by atoms with Crippen molar-refractivity contribution in [2.24, 2.45) is 0 Å². The summed E-state index contributed by atoms with van der Waals surface area (Å²) in [6, 6.07) is 20.5. The zero-order chi connectivity index (χ0) is 48.9. The minimum Gasteiger partial charge on any atom is -0.493 e. The van der Waals surface area contributed by atoms with Crippen LogP contribution in [0.3, 0.4) is 0 Å². The molecule has 0 aliphatic carbocycles. The molecule has 0 fully saturated rings. The van der Waals surface area contributed by atoms with E-state index in [2.05, 4.69) is 9.97 Å². The van der Waals surface area contributed by atoms with Crippen LogP contribution in [-0.2, 0) is 20.0 Å². The molecule has 2 N–H and O–H groups in total. The van der Waals surface area contributed by atoms with E-state index in [0.29, 0.717) is 74.5 Å². The Balaban J connectivity index is 0.000000201. The lowest BCUT2D eigenvalue weighted by Crippen LogP contribution is -2.15. The van der Waals surface area contributed by atoms with E-state index in [4.69, 9.17) is 28.4 Å². The third kappa shape index (κ3) is 10.5. The summed E-state index contributed by atoms with van der Waals surface area (Å²) in [6.45, 7) is 0. The summed E-state index contributed by atoms with van der Waals surface area (Å²) in [5, 5.41) is 1.13. The number of nitrogens with one attached hydrogen (secondary N) is 2. The maximum atomic E-state index is 14.7. The summed E-state index contributed by atoms with van der Waals surface area (Å²) in [5.74, 6) is -3.72. The molecule has 22 heteroatoms. The minimum absolute atomic E-state index is 0.0552. The second kappa shape index (κ2) is 19.9. The first-order valence-corrected chi connectivity index (χ1v) is 22.3. The summed E-state index contributed by atoms with van der Waals surface area (Å²) in [6.07, 6.45) is 3.00. The van der Waals surface area contributed by atoms with Crippen LogP contribution in [0, 0.1) is 34.9 Å². The Labute approximate surface area is 383 Å². The van der Waals surface area contributed by atoms with Crippen LogP contribution in [0.1, 0.15) is 0 Å². The lowest BCUT2D eigenvalue weighted by Gasteiger charge is -2.13. The molecule has 0 spiro atoms. The van der Waals surface area contributed by atoms with E-state index in [-0.39, 0.29) is 11.5 Å². The number of anilines is 2. The molecule has 0 saturated heterocycles. The molecule has 0 aliphatic rings. The molecule has 352 valence electrons. The zero-order valence-corrected chi connectivity index (χ0v) is 37.2. The fourth-order valence-corrected chi connectivity index (χ4v) is 8.67. The molecule has 0 aliphatic heterocycles.